The number of carbonyl (C=O) groups excluding carboxylic acids is 2. The molecule has 0 saturated carbocycles. The number of unbranched alkanes of at least 4 members (excludes halogenated alkanes) is 5. The van der Waals surface area contributed by atoms with Gasteiger partial charge in [0.1, 0.15) is 11.4 Å². The fourth-order valence-corrected chi connectivity index (χ4v) is 2.89. The predicted octanol–water partition coefficient (Wildman–Crippen LogP) is 1.58. The van der Waals surface area contributed by atoms with E-state index in [0.29, 0.717) is 32.4 Å². The van der Waals surface area contributed by atoms with Crippen molar-refractivity contribution in [1.82, 2.24) is 0 Å². The molecule has 6 heteroatoms. The second kappa shape index (κ2) is 13.5. The van der Waals surface area contributed by atoms with E-state index in [1.807, 2.05) is 6.92 Å². The lowest BCUT2D eigenvalue weighted by Gasteiger charge is -2.32. The van der Waals surface area contributed by atoms with Crippen molar-refractivity contribution < 1.29 is 9.59 Å². The third kappa shape index (κ3) is 8.87. The molecule has 0 bridgehead atoms. The summed E-state index contributed by atoms with van der Waals surface area (Å²) < 4.78 is 0. The summed E-state index contributed by atoms with van der Waals surface area (Å²) in [5.74, 6) is -0.783. The van der Waals surface area contributed by atoms with Crippen molar-refractivity contribution in [2.75, 3.05) is 13.1 Å². The van der Waals surface area contributed by atoms with Crippen LogP contribution in [0.4, 0.5) is 0 Å². The van der Waals surface area contributed by atoms with Gasteiger partial charge in [0.15, 0.2) is 5.78 Å². The van der Waals surface area contributed by atoms with E-state index in [0.717, 1.165) is 51.4 Å². The van der Waals surface area contributed by atoms with Crippen molar-refractivity contribution in [2.24, 2.45) is 28.9 Å². The van der Waals surface area contributed by atoms with Crippen LogP contribution in [0.2, 0.25) is 0 Å². The number of rotatable bonds is 16. The maximum atomic E-state index is 12.6. The summed E-state index contributed by atoms with van der Waals surface area (Å²) in [5.41, 5.74) is 21.7. The van der Waals surface area contributed by atoms with E-state index in [1.54, 1.807) is 0 Å². The minimum absolute atomic E-state index is 0.0146. The molecule has 142 valence electrons. The highest BCUT2D eigenvalue weighted by Crippen LogP contribution is 2.23. The van der Waals surface area contributed by atoms with Crippen LogP contribution < -0.4 is 22.9 Å². The van der Waals surface area contributed by atoms with Gasteiger partial charge in [-0.15, -0.1) is 0 Å². The van der Waals surface area contributed by atoms with Crippen LogP contribution >= 0.6 is 0 Å². The Hall–Kier alpha value is -0.820. The molecule has 8 N–H and O–H groups in total. The van der Waals surface area contributed by atoms with E-state index in [2.05, 4.69) is 0 Å². The van der Waals surface area contributed by atoms with Gasteiger partial charge in [-0.3, -0.25) is 9.59 Å². The lowest BCUT2D eigenvalue weighted by atomic mass is 9.80. The number of carbonyl (C=O) groups is 2. The maximum absolute atomic E-state index is 12.6. The van der Waals surface area contributed by atoms with Gasteiger partial charge in [0.25, 0.3) is 0 Å². The first-order valence-electron chi connectivity index (χ1n) is 9.45. The molecule has 0 heterocycles. The molecule has 0 aromatic carbocycles. The van der Waals surface area contributed by atoms with Crippen LogP contribution in [-0.4, -0.2) is 30.3 Å². The van der Waals surface area contributed by atoms with Crippen LogP contribution in [0.15, 0.2) is 0 Å². The van der Waals surface area contributed by atoms with Gasteiger partial charge >= 0.3 is 0 Å². The molecule has 0 aliphatic carbocycles. The smallest absolute Gasteiger partial charge is 0.167 e. The molecule has 1 unspecified atom stereocenters. The van der Waals surface area contributed by atoms with Crippen molar-refractivity contribution in [2.45, 2.75) is 83.2 Å². The largest absolute Gasteiger partial charge is 0.330 e. The fourth-order valence-electron chi connectivity index (χ4n) is 2.89. The van der Waals surface area contributed by atoms with E-state index >= 15 is 0 Å². The van der Waals surface area contributed by atoms with E-state index in [1.165, 1.54) is 0 Å². The Balaban J connectivity index is 4.71. The summed E-state index contributed by atoms with van der Waals surface area (Å²) in [6, 6.07) is 0. The molecule has 0 fully saturated rings. The normalized spacial score (nSPS) is 13.0. The number of nitrogens with two attached hydrogens (primary N) is 4. The molecule has 0 aromatic rings. The van der Waals surface area contributed by atoms with Crippen LogP contribution in [0, 0.1) is 5.92 Å². The standard InChI is InChI=1S/C18H38N4O2/c1-2-3-10-15(16(23)11-6-4-8-13-19)18(21,22)17(24)12-7-5-9-14-20/h15H,2-14,19-22H2,1H3. The van der Waals surface area contributed by atoms with E-state index < -0.39 is 11.6 Å². The van der Waals surface area contributed by atoms with Crippen molar-refractivity contribution in [1.29, 1.82) is 0 Å². The van der Waals surface area contributed by atoms with Crippen molar-refractivity contribution in [3.8, 4) is 0 Å². The average Bonchev–Trinajstić information content (AvgIpc) is 2.55. The quantitative estimate of drug-likeness (QED) is 0.248. The van der Waals surface area contributed by atoms with Gasteiger partial charge in [-0.2, -0.15) is 0 Å². The maximum Gasteiger partial charge on any atom is 0.167 e. The Morgan fingerprint density at radius 2 is 1.38 bits per heavy atom. The third-order valence-electron chi connectivity index (χ3n) is 4.53. The third-order valence-corrected chi connectivity index (χ3v) is 4.53. The van der Waals surface area contributed by atoms with E-state index in [4.69, 9.17) is 22.9 Å². The minimum Gasteiger partial charge on any atom is -0.330 e. The highest BCUT2D eigenvalue weighted by molar-refractivity contribution is 5.95. The lowest BCUT2D eigenvalue weighted by Crippen LogP contribution is -2.63. The summed E-state index contributed by atoms with van der Waals surface area (Å²) in [5, 5.41) is 0. The molecule has 6 nitrogen and oxygen atoms in total. The second-order valence-corrected chi connectivity index (χ2v) is 6.72. The van der Waals surface area contributed by atoms with Gasteiger partial charge in [-0.25, -0.2) is 0 Å². The molecule has 0 aliphatic rings. The van der Waals surface area contributed by atoms with Crippen molar-refractivity contribution in [3.63, 3.8) is 0 Å². The van der Waals surface area contributed by atoms with Gasteiger partial charge in [0, 0.05) is 12.8 Å². The molecule has 0 amide bonds. The zero-order valence-electron chi connectivity index (χ0n) is 15.4. The monoisotopic (exact) mass is 342 g/mol. The number of ketones is 2. The van der Waals surface area contributed by atoms with Crippen LogP contribution in [0.5, 0.6) is 0 Å². The Bertz CT molecular complexity index is 359. The summed E-state index contributed by atoms with van der Waals surface area (Å²) in [4.78, 5) is 25.0. The van der Waals surface area contributed by atoms with Gasteiger partial charge in [-0.05, 0) is 45.2 Å². The molecule has 0 aliphatic heterocycles. The van der Waals surface area contributed by atoms with Crippen LogP contribution in [-0.2, 0) is 9.59 Å². The molecule has 0 radical (unpaired) electrons. The second-order valence-electron chi connectivity index (χ2n) is 6.72. The summed E-state index contributed by atoms with van der Waals surface area (Å²) in [6.07, 6.45) is 8.18. The Morgan fingerprint density at radius 1 is 0.833 bits per heavy atom. The minimum atomic E-state index is -1.55. The Morgan fingerprint density at radius 3 is 1.88 bits per heavy atom. The number of hydrogen-bond donors (Lipinski definition) is 4. The Labute approximate surface area is 147 Å². The molecular formula is C18H38N4O2. The first-order chi connectivity index (χ1) is 11.4. The average molecular weight is 343 g/mol. The van der Waals surface area contributed by atoms with E-state index in [-0.39, 0.29) is 11.6 Å². The first-order valence-corrected chi connectivity index (χ1v) is 9.45. The summed E-state index contributed by atoms with van der Waals surface area (Å²) >= 11 is 0. The molecular weight excluding hydrogens is 304 g/mol. The molecule has 1 atom stereocenters. The highest BCUT2D eigenvalue weighted by atomic mass is 16.1. The zero-order chi connectivity index (χ0) is 18.4. The number of hydrogen-bond acceptors (Lipinski definition) is 6. The summed E-state index contributed by atoms with van der Waals surface area (Å²) in [6.45, 7) is 3.30. The Kier molecular flexibility index (Phi) is 13.0. The van der Waals surface area contributed by atoms with Crippen LogP contribution in [0.25, 0.3) is 0 Å². The van der Waals surface area contributed by atoms with Gasteiger partial charge in [0.05, 0.1) is 5.92 Å². The topological polar surface area (TPSA) is 138 Å². The molecule has 24 heavy (non-hydrogen) atoms. The van der Waals surface area contributed by atoms with E-state index in [9.17, 15) is 9.59 Å². The molecule has 0 aromatic heterocycles. The number of Topliss-reactive ketones (excluding diaryl/α,β-unsaturated/α-hetero) is 2. The first kappa shape index (κ1) is 23.2. The fraction of sp³-hybridized carbons (Fsp3) is 0.889. The van der Waals surface area contributed by atoms with Crippen LogP contribution in [0.1, 0.15) is 77.6 Å². The zero-order valence-corrected chi connectivity index (χ0v) is 15.4. The SMILES string of the molecule is CCCCC(C(=O)CCCCCN)C(N)(N)C(=O)CCCCCN. The van der Waals surface area contributed by atoms with Crippen molar-refractivity contribution in [3.05, 3.63) is 0 Å². The molecule has 0 spiro atoms. The molecule has 0 rings (SSSR count). The van der Waals surface area contributed by atoms with Gasteiger partial charge < -0.3 is 22.9 Å². The van der Waals surface area contributed by atoms with Gasteiger partial charge in [0.2, 0.25) is 0 Å². The highest BCUT2D eigenvalue weighted by Gasteiger charge is 2.40. The summed E-state index contributed by atoms with van der Waals surface area (Å²) in [7, 11) is 0. The predicted molar refractivity (Wildman–Crippen MR) is 99.2 cm³/mol. The lowest BCUT2D eigenvalue weighted by molar-refractivity contribution is -0.134. The van der Waals surface area contributed by atoms with Crippen LogP contribution in [0.3, 0.4) is 0 Å². The van der Waals surface area contributed by atoms with Gasteiger partial charge in [-0.1, -0.05) is 32.6 Å². The van der Waals surface area contributed by atoms with Crippen molar-refractivity contribution >= 4 is 11.6 Å². The molecule has 0 saturated heterocycles.